The molecule has 2 saturated carbocycles. The van der Waals surface area contributed by atoms with E-state index in [0.717, 1.165) is 18.4 Å². The molecule has 4 fully saturated rings. The van der Waals surface area contributed by atoms with Crippen molar-refractivity contribution in [3.63, 3.8) is 0 Å². The Morgan fingerprint density at radius 1 is 0.985 bits per heavy atom. The molecule has 5 aliphatic rings. The molecule has 6 atom stereocenters. The number of hydrogen-bond donors (Lipinski definition) is 3. The van der Waals surface area contributed by atoms with E-state index < -0.39 is 80.1 Å². The highest BCUT2D eigenvalue weighted by Gasteiger charge is 2.62. The van der Waals surface area contributed by atoms with Crippen LogP contribution in [0.2, 0.25) is 0 Å². The Kier molecular flexibility index (Phi) is 12.9. The molecule has 17 heteroatoms. The van der Waals surface area contributed by atoms with E-state index in [1.54, 1.807) is 18.1 Å². The SMILES string of the molecule is COc1ccc2c(O[C@@H]3C[C@H]4C(=O)N[C@]5(C(=O)NS(=O)(=O)C6CC6)C[C@H]5/C=C\CCCCC[C@H](CC(=O)N5CCN(C(=O)O)C(C(C)(C)C)C5)C(=O)N4C3)cc(-c3ccccc3)nc2c1. The number of nitrogens with one attached hydrogen (secondary N) is 2. The summed E-state index contributed by atoms with van der Waals surface area (Å²) in [7, 11) is -2.36. The largest absolute Gasteiger partial charge is 0.497 e. The van der Waals surface area contributed by atoms with Crippen LogP contribution in [0.3, 0.4) is 0 Å². The molecule has 3 aliphatic heterocycles. The first-order valence-corrected chi connectivity index (χ1v) is 24.4. The monoisotopic (exact) mass is 912 g/mol. The van der Waals surface area contributed by atoms with Gasteiger partial charge in [0.05, 0.1) is 36.2 Å². The number of sulfonamides is 1. The highest BCUT2D eigenvalue weighted by molar-refractivity contribution is 7.91. The lowest BCUT2D eigenvalue weighted by Gasteiger charge is -2.46. The summed E-state index contributed by atoms with van der Waals surface area (Å²) >= 11 is 0. The molecule has 2 saturated heterocycles. The van der Waals surface area contributed by atoms with Gasteiger partial charge < -0.3 is 34.6 Å². The number of carbonyl (C=O) groups is 5. The Bertz CT molecular complexity index is 2470. The molecule has 3 aromatic rings. The molecule has 2 aromatic carbocycles. The highest BCUT2D eigenvalue weighted by atomic mass is 32.2. The van der Waals surface area contributed by atoms with Gasteiger partial charge in [-0.3, -0.25) is 23.9 Å². The van der Waals surface area contributed by atoms with Crippen molar-refractivity contribution in [2.24, 2.45) is 17.3 Å². The molecular weight excluding hydrogens is 853 g/mol. The van der Waals surface area contributed by atoms with Crippen LogP contribution in [0.4, 0.5) is 4.79 Å². The maximum absolute atomic E-state index is 15.1. The average molecular weight is 913 g/mol. The fourth-order valence-corrected chi connectivity index (χ4v) is 11.0. The van der Waals surface area contributed by atoms with Crippen molar-refractivity contribution < 1.29 is 47.0 Å². The van der Waals surface area contributed by atoms with Crippen LogP contribution >= 0.6 is 0 Å². The first-order chi connectivity index (χ1) is 31.0. The second-order valence-electron chi connectivity index (χ2n) is 19.3. The summed E-state index contributed by atoms with van der Waals surface area (Å²) in [5.74, 6) is -2.27. The van der Waals surface area contributed by atoms with E-state index in [0.29, 0.717) is 60.2 Å². The van der Waals surface area contributed by atoms with Gasteiger partial charge in [0.2, 0.25) is 27.7 Å². The van der Waals surface area contributed by atoms with E-state index in [4.69, 9.17) is 14.5 Å². The maximum Gasteiger partial charge on any atom is 0.407 e. The summed E-state index contributed by atoms with van der Waals surface area (Å²) in [5.41, 5.74) is 0.107. The van der Waals surface area contributed by atoms with Gasteiger partial charge in [0.15, 0.2) is 0 Å². The summed E-state index contributed by atoms with van der Waals surface area (Å²) in [5, 5.41) is 12.9. The zero-order chi connectivity index (χ0) is 46.3. The first-order valence-electron chi connectivity index (χ1n) is 22.8. The zero-order valence-corrected chi connectivity index (χ0v) is 38.3. The van der Waals surface area contributed by atoms with Gasteiger partial charge in [-0.05, 0) is 56.1 Å². The van der Waals surface area contributed by atoms with Crippen LogP contribution in [0.5, 0.6) is 11.5 Å². The van der Waals surface area contributed by atoms with E-state index in [1.165, 1.54) is 9.80 Å². The zero-order valence-electron chi connectivity index (χ0n) is 37.5. The number of aromatic nitrogens is 1. The Morgan fingerprint density at radius 3 is 2.46 bits per heavy atom. The Balaban J connectivity index is 1.12. The van der Waals surface area contributed by atoms with Gasteiger partial charge in [0.25, 0.3) is 5.91 Å². The van der Waals surface area contributed by atoms with Crippen LogP contribution < -0.4 is 19.5 Å². The molecule has 1 aromatic heterocycles. The number of nitrogens with zero attached hydrogens (tertiary/aromatic N) is 4. The third kappa shape index (κ3) is 9.94. The van der Waals surface area contributed by atoms with Crippen LogP contribution in [0.1, 0.15) is 85.0 Å². The lowest BCUT2D eigenvalue weighted by Crippen LogP contribution is -2.60. The van der Waals surface area contributed by atoms with Crippen molar-refractivity contribution in [2.75, 3.05) is 33.3 Å². The number of ether oxygens (including phenoxy) is 2. The number of amides is 5. The maximum atomic E-state index is 15.1. The van der Waals surface area contributed by atoms with E-state index in [1.807, 2.05) is 81.5 Å². The van der Waals surface area contributed by atoms with E-state index in [9.17, 15) is 32.7 Å². The third-order valence-corrected chi connectivity index (χ3v) is 15.5. The predicted molar refractivity (Wildman–Crippen MR) is 242 cm³/mol. The second-order valence-corrected chi connectivity index (χ2v) is 21.3. The number of methoxy groups -OCH3 is 1. The first kappa shape index (κ1) is 45.8. The van der Waals surface area contributed by atoms with Gasteiger partial charge in [-0.2, -0.15) is 0 Å². The van der Waals surface area contributed by atoms with Crippen molar-refractivity contribution in [3.05, 3.63) is 66.7 Å². The van der Waals surface area contributed by atoms with Crippen molar-refractivity contribution in [2.45, 2.75) is 114 Å². The standard InChI is InChI=1S/C48H60N6O10S/c1-47(2,3)41-29-52(21-22-53(41)46(59)60)42(55)23-31-15-9-6-5-7-12-16-32-27-48(32,45(58)51-65(61,62)35-18-19-35)50-43(56)39-25-34(28-54(39)44(31)57)64-40-26-37(30-13-10-8-11-14-30)49-38-24-33(63-4)17-20-36(38)40/h8,10-14,16-17,20,24,26,31-32,34-35,39,41H,5-7,9,15,18-19,21-23,25,27-29H2,1-4H3,(H,50,56)(H,51,58)(H,59,60)/b16-12-/t31-,32-,34-,39+,41?,48-/m1/s1. The average Bonchev–Trinajstić information content (AvgIpc) is 4.21. The Hall–Kier alpha value is -5.71. The van der Waals surface area contributed by atoms with Gasteiger partial charge in [0.1, 0.15) is 29.2 Å². The van der Waals surface area contributed by atoms with Crippen molar-refractivity contribution in [1.82, 2.24) is 29.7 Å². The van der Waals surface area contributed by atoms with Crippen LogP contribution in [-0.4, -0.2) is 125 Å². The highest BCUT2D eigenvalue weighted by Crippen LogP contribution is 2.46. The molecule has 5 amide bonds. The van der Waals surface area contributed by atoms with Crippen LogP contribution in [-0.2, 0) is 29.2 Å². The Morgan fingerprint density at radius 2 is 1.75 bits per heavy atom. The van der Waals surface area contributed by atoms with E-state index >= 15 is 4.79 Å². The number of rotatable bonds is 9. The fraction of sp³-hybridized carbons (Fsp3) is 0.542. The molecule has 0 radical (unpaired) electrons. The molecule has 65 heavy (non-hydrogen) atoms. The molecule has 0 bridgehead atoms. The topological polar surface area (TPSA) is 205 Å². The van der Waals surface area contributed by atoms with Crippen LogP contribution in [0, 0.1) is 17.3 Å². The summed E-state index contributed by atoms with van der Waals surface area (Å²) in [6, 6.07) is 15.3. The molecule has 4 heterocycles. The quantitative estimate of drug-likeness (QED) is 0.229. The number of fused-ring (bicyclic) bond motifs is 3. The lowest BCUT2D eigenvalue weighted by molar-refractivity contribution is -0.146. The van der Waals surface area contributed by atoms with Crippen LogP contribution in [0.15, 0.2) is 66.7 Å². The summed E-state index contributed by atoms with van der Waals surface area (Å²) in [4.78, 5) is 79.7. The van der Waals surface area contributed by atoms with Gasteiger partial charge in [-0.15, -0.1) is 0 Å². The van der Waals surface area contributed by atoms with Gasteiger partial charge in [-0.25, -0.2) is 18.2 Å². The summed E-state index contributed by atoms with van der Waals surface area (Å²) in [6.45, 7) is 6.32. The number of hydrogen-bond acceptors (Lipinski definition) is 10. The van der Waals surface area contributed by atoms with Crippen LogP contribution in [0.25, 0.3) is 22.2 Å². The van der Waals surface area contributed by atoms with E-state index in [-0.39, 0.29) is 51.3 Å². The second kappa shape index (κ2) is 18.3. The van der Waals surface area contributed by atoms with Crippen molar-refractivity contribution >= 4 is 50.6 Å². The molecule has 1 unspecified atom stereocenters. The predicted octanol–water partition coefficient (Wildman–Crippen LogP) is 5.51. The number of carbonyl (C=O) groups excluding carboxylic acids is 4. The molecular formula is C48H60N6O10S. The fourth-order valence-electron chi connectivity index (χ4n) is 9.64. The van der Waals surface area contributed by atoms with Crippen molar-refractivity contribution in [1.29, 1.82) is 0 Å². The number of piperazine rings is 1. The Labute approximate surface area is 380 Å². The molecule has 16 nitrogen and oxygen atoms in total. The molecule has 2 aliphatic carbocycles. The number of carboxylic acid groups (broad SMARTS) is 1. The van der Waals surface area contributed by atoms with Gasteiger partial charge in [-0.1, -0.05) is 76.1 Å². The minimum absolute atomic E-state index is 0.00970. The molecule has 348 valence electrons. The molecule has 8 rings (SSSR count). The summed E-state index contributed by atoms with van der Waals surface area (Å²) in [6.07, 6.45) is 6.33. The minimum atomic E-state index is -3.93. The smallest absolute Gasteiger partial charge is 0.407 e. The molecule has 3 N–H and O–H groups in total. The normalized spacial score (nSPS) is 27.1. The molecule has 0 spiro atoms. The summed E-state index contributed by atoms with van der Waals surface area (Å²) < 4.78 is 40.6. The number of allylic oxidation sites excluding steroid dienone is 1. The van der Waals surface area contributed by atoms with E-state index in [2.05, 4.69) is 10.0 Å². The lowest BCUT2D eigenvalue weighted by atomic mass is 9.84. The van der Waals surface area contributed by atoms with Gasteiger partial charge in [0, 0.05) is 67.4 Å². The third-order valence-electron chi connectivity index (χ3n) is 13.7. The minimum Gasteiger partial charge on any atom is -0.497 e. The van der Waals surface area contributed by atoms with Gasteiger partial charge >= 0.3 is 6.09 Å². The van der Waals surface area contributed by atoms with Crippen molar-refractivity contribution in [3.8, 4) is 22.8 Å². The number of pyridine rings is 1. The number of benzene rings is 2.